The van der Waals surface area contributed by atoms with Crippen molar-refractivity contribution in [1.82, 2.24) is 4.98 Å². The molecular weight excluding hydrogens is 348 g/mol. The third-order valence-corrected chi connectivity index (χ3v) is 5.57. The zero-order chi connectivity index (χ0) is 18.2. The average molecular weight is 364 g/mol. The number of hydrogen-bond donors (Lipinski definition) is 1. The minimum Gasteiger partial charge on any atom is -0.453 e. The Bertz CT molecular complexity index is 1430. The molecule has 0 spiro atoms. The maximum Gasteiger partial charge on any atom is 0.179 e. The summed E-state index contributed by atoms with van der Waals surface area (Å²) in [6.45, 7) is 0. The van der Waals surface area contributed by atoms with Crippen molar-refractivity contribution < 1.29 is 10.9 Å². The third-order valence-electron chi connectivity index (χ3n) is 5.57. The molecule has 0 fully saturated rings. The highest BCUT2D eigenvalue weighted by Gasteiger charge is 2.36. The molecule has 0 saturated carbocycles. The van der Waals surface area contributed by atoms with Crippen LogP contribution in [0.5, 0.6) is 23.0 Å². The Labute approximate surface area is 162 Å². The summed E-state index contributed by atoms with van der Waals surface area (Å²) in [6.07, 6.45) is 0. The predicted octanol–water partition coefficient (Wildman–Crippen LogP) is 7.25. The molecule has 7 rings (SSSR count). The van der Waals surface area contributed by atoms with Crippen molar-refractivity contribution >= 4 is 38.9 Å². The first kappa shape index (κ1) is 14.2. The van der Waals surface area contributed by atoms with Crippen LogP contribution in [0.1, 0.15) is 1.43 Å². The van der Waals surface area contributed by atoms with E-state index in [1.165, 1.54) is 0 Å². The Kier molecular flexibility index (Phi) is 2.46. The second-order valence-corrected chi connectivity index (χ2v) is 7.12. The highest BCUT2D eigenvalue weighted by atomic mass is 16.5. The van der Waals surface area contributed by atoms with E-state index in [1.54, 1.807) is 0 Å². The van der Waals surface area contributed by atoms with E-state index in [4.69, 9.17) is 9.47 Å². The van der Waals surface area contributed by atoms with E-state index in [9.17, 15) is 0 Å². The molecule has 0 amide bonds. The molecule has 0 radical (unpaired) electrons. The second kappa shape index (κ2) is 4.87. The third kappa shape index (κ3) is 1.65. The van der Waals surface area contributed by atoms with Gasteiger partial charge in [-0.25, -0.2) is 0 Å². The standard InChI is InChI=1S/C24H14N2O2.H2/c1-2-8-16-14(7-1)15-13-21-23-24(22(15)25-16)28-20-12-6-4-10-18(20)26(23)17-9-3-5-11-19(17)27-21;/h1-13,25H;1H. The number of ether oxygens (including phenoxy) is 2. The number of para-hydroxylation sites is 5. The molecule has 134 valence electrons. The van der Waals surface area contributed by atoms with Gasteiger partial charge in [0.2, 0.25) is 0 Å². The molecule has 1 N–H and O–H groups in total. The van der Waals surface area contributed by atoms with Gasteiger partial charge in [0.1, 0.15) is 5.69 Å². The van der Waals surface area contributed by atoms with Gasteiger partial charge in [-0.1, -0.05) is 42.5 Å². The maximum absolute atomic E-state index is 6.43. The van der Waals surface area contributed by atoms with Gasteiger partial charge < -0.3 is 14.5 Å². The summed E-state index contributed by atoms with van der Waals surface area (Å²) in [5.74, 6) is 3.29. The molecule has 2 aliphatic heterocycles. The number of nitrogens with zero attached hydrogens (tertiary/aromatic N) is 1. The molecule has 0 aliphatic carbocycles. The van der Waals surface area contributed by atoms with Crippen LogP contribution in [0.25, 0.3) is 21.8 Å². The number of nitrogens with one attached hydrogen (secondary N) is 1. The van der Waals surface area contributed by atoms with Crippen LogP contribution in [0.4, 0.5) is 17.1 Å². The van der Waals surface area contributed by atoms with Gasteiger partial charge >= 0.3 is 0 Å². The lowest BCUT2D eigenvalue weighted by molar-refractivity contribution is 0.449. The number of fused-ring (bicyclic) bond motifs is 8. The molecule has 0 saturated heterocycles. The average Bonchev–Trinajstić information content (AvgIpc) is 3.12. The molecule has 3 heterocycles. The number of anilines is 3. The van der Waals surface area contributed by atoms with E-state index in [1.807, 2.05) is 42.5 Å². The van der Waals surface area contributed by atoms with Crippen LogP contribution in [0, 0.1) is 0 Å². The topological polar surface area (TPSA) is 37.5 Å². The van der Waals surface area contributed by atoms with Crippen molar-refractivity contribution in [3.05, 3.63) is 78.9 Å². The molecular formula is C24H16N2O2. The van der Waals surface area contributed by atoms with Crippen molar-refractivity contribution in [1.29, 1.82) is 0 Å². The van der Waals surface area contributed by atoms with E-state index in [2.05, 4.69) is 46.3 Å². The van der Waals surface area contributed by atoms with Gasteiger partial charge in [0.25, 0.3) is 0 Å². The fourth-order valence-electron chi connectivity index (χ4n) is 4.37. The molecule has 1 aromatic heterocycles. The molecule has 5 aromatic rings. The van der Waals surface area contributed by atoms with Crippen LogP contribution in [0.15, 0.2) is 78.9 Å². The van der Waals surface area contributed by atoms with Crippen molar-refractivity contribution in [2.45, 2.75) is 0 Å². The lowest BCUT2D eigenvalue weighted by Gasteiger charge is -2.37. The molecule has 0 atom stereocenters. The van der Waals surface area contributed by atoms with E-state index >= 15 is 0 Å². The minimum atomic E-state index is 0. The number of hydrogen-bond acceptors (Lipinski definition) is 3. The summed E-state index contributed by atoms with van der Waals surface area (Å²) in [7, 11) is 0. The first-order valence-corrected chi connectivity index (χ1v) is 9.30. The van der Waals surface area contributed by atoms with Crippen LogP contribution >= 0.6 is 0 Å². The molecule has 0 unspecified atom stereocenters. The highest BCUT2D eigenvalue weighted by molar-refractivity contribution is 6.14. The molecule has 4 heteroatoms. The first-order valence-electron chi connectivity index (χ1n) is 9.30. The van der Waals surface area contributed by atoms with E-state index in [0.717, 1.165) is 61.9 Å². The molecule has 4 nitrogen and oxygen atoms in total. The largest absolute Gasteiger partial charge is 0.453 e. The second-order valence-electron chi connectivity index (χ2n) is 7.12. The summed E-state index contributed by atoms with van der Waals surface area (Å²) in [5, 5.41) is 2.26. The monoisotopic (exact) mass is 364 g/mol. The summed E-state index contributed by atoms with van der Waals surface area (Å²) in [5.41, 5.74) is 5.05. The van der Waals surface area contributed by atoms with Gasteiger partial charge in [-0.3, -0.25) is 4.90 Å². The smallest absolute Gasteiger partial charge is 0.179 e. The maximum atomic E-state index is 6.43. The van der Waals surface area contributed by atoms with Crippen LogP contribution < -0.4 is 14.4 Å². The van der Waals surface area contributed by atoms with Crippen molar-refractivity contribution in [3.8, 4) is 23.0 Å². The lowest BCUT2D eigenvalue weighted by Crippen LogP contribution is -2.20. The van der Waals surface area contributed by atoms with Gasteiger partial charge in [-0.15, -0.1) is 0 Å². The number of rotatable bonds is 0. The first-order chi connectivity index (χ1) is 13.9. The lowest BCUT2D eigenvalue weighted by atomic mass is 10.0. The number of aromatic amines is 1. The zero-order valence-corrected chi connectivity index (χ0v) is 14.8. The molecule has 2 aliphatic rings. The quantitative estimate of drug-likeness (QED) is 0.308. The normalized spacial score (nSPS) is 13.5. The molecule has 28 heavy (non-hydrogen) atoms. The van der Waals surface area contributed by atoms with Crippen molar-refractivity contribution in [2.24, 2.45) is 0 Å². The Balaban J connectivity index is 0.00000165. The van der Waals surface area contributed by atoms with Gasteiger partial charge in [-0.05, 0) is 36.4 Å². The van der Waals surface area contributed by atoms with Crippen LogP contribution in [0.3, 0.4) is 0 Å². The Morgan fingerprint density at radius 1 is 0.679 bits per heavy atom. The Hall–Kier alpha value is -3.92. The van der Waals surface area contributed by atoms with Gasteiger partial charge in [-0.2, -0.15) is 0 Å². The van der Waals surface area contributed by atoms with Crippen molar-refractivity contribution in [3.63, 3.8) is 0 Å². The predicted molar refractivity (Wildman–Crippen MR) is 113 cm³/mol. The molecule has 4 aromatic carbocycles. The fourth-order valence-corrected chi connectivity index (χ4v) is 4.37. The van der Waals surface area contributed by atoms with Gasteiger partial charge in [0, 0.05) is 17.7 Å². The summed E-state index contributed by atoms with van der Waals surface area (Å²) in [6, 6.07) is 26.7. The van der Waals surface area contributed by atoms with E-state index in [-0.39, 0.29) is 1.43 Å². The number of H-pyrrole nitrogens is 1. The zero-order valence-electron chi connectivity index (χ0n) is 14.8. The summed E-state index contributed by atoms with van der Waals surface area (Å²) >= 11 is 0. The summed E-state index contributed by atoms with van der Waals surface area (Å²) in [4.78, 5) is 5.79. The fraction of sp³-hybridized carbons (Fsp3) is 0. The highest BCUT2D eigenvalue weighted by Crippen LogP contribution is 2.61. The van der Waals surface area contributed by atoms with E-state index < -0.39 is 0 Å². The number of benzene rings is 4. The van der Waals surface area contributed by atoms with Crippen LogP contribution in [-0.4, -0.2) is 4.98 Å². The van der Waals surface area contributed by atoms with Crippen LogP contribution in [0.2, 0.25) is 0 Å². The van der Waals surface area contributed by atoms with Gasteiger partial charge in [0.05, 0.1) is 16.9 Å². The van der Waals surface area contributed by atoms with E-state index in [0.29, 0.717) is 0 Å². The number of aromatic nitrogens is 1. The van der Waals surface area contributed by atoms with Gasteiger partial charge in [0.15, 0.2) is 23.0 Å². The summed E-state index contributed by atoms with van der Waals surface area (Å²) < 4.78 is 12.8. The Morgan fingerprint density at radius 2 is 1.36 bits per heavy atom. The molecule has 0 bridgehead atoms. The SMILES string of the molecule is [HH].c1ccc2c(c1)Oc1cc3c([nH]c4ccccc43)c3c1N2c1ccccc1O3. The van der Waals surface area contributed by atoms with Crippen LogP contribution in [-0.2, 0) is 0 Å². The Morgan fingerprint density at radius 3 is 2.18 bits per heavy atom. The minimum absolute atomic E-state index is 0. The van der Waals surface area contributed by atoms with Crippen molar-refractivity contribution in [2.75, 3.05) is 4.90 Å².